The van der Waals surface area contributed by atoms with Gasteiger partial charge in [-0.25, -0.2) is 0 Å². The first kappa shape index (κ1) is 20.8. The van der Waals surface area contributed by atoms with E-state index < -0.39 is 0 Å². The average molecular weight is 414 g/mol. The van der Waals surface area contributed by atoms with E-state index >= 15 is 0 Å². The van der Waals surface area contributed by atoms with Gasteiger partial charge in [0.15, 0.2) is 0 Å². The first-order valence-corrected chi connectivity index (χ1v) is 10.7. The Hall–Kier alpha value is -3.44. The third kappa shape index (κ3) is 4.84. The van der Waals surface area contributed by atoms with Crippen LogP contribution < -0.4 is 15.5 Å². The summed E-state index contributed by atoms with van der Waals surface area (Å²) in [5.74, 6) is 0.0122. The second-order valence-electron chi connectivity index (χ2n) is 7.73. The number of benzene rings is 3. The van der Waals surface area contributed by atoms with Gasteiger partial charge in [-0.1, -0.05) is 54.6 Å². The summed E-state index contributed by atoms with van der Waals surface area (Å²) < 4.78 is 0. The fourth-order valence-corrected chi connectivity index (χ4v) is 4.01. The Bertz CT molecular complexity index is 1060. The number of hydrogen-bond donors (Lipinski definition) is 2. The van der Waals surface area contributed by atoms with Crippen LogP contribution in [0.3, 0.4) is 0 Å². The lowest BCUT2D eigenvalue weighted by Gasteiger charge is -2.18. The fourth-order valence-electron chi connectivity index (χ4n) is 4.01. The van der Waals surface area contributed by atoms with Gasteiger partial charge in [-0.05, 0) is 46.9 Å². The molecule has 158 valence electrons. The quantitative estimate of drug-likeness (QED) is 0.580. The topological polar surface area (TPSA) is 61.4 Å². The highest BCUT2D eigenvalue weighted by atomic mass is 16.2. The van der Waals surface area contributed by atoms with Gasteiger partial charge < -0.3 is 15.5 Å². The molecule has 5 nitrogen and oxygen atoms in total. The molecule has 1 heterocycles. The molecule has 5 heteroatoms. The van der Waals surface area contributed by atoms with Gasteiger partial charge in [0.1, 0.15) is 0 Å². The first-order valence-electron chi connectivity index (χ1n) is 10.7. The van der Waals surface area contributed by atoms with Crippen LogP contribution >= 0.6 is 0 Å². The molecule has 0 aliphatic carbocycles. The third-order valence-corrected chi connectivity index (χ3v) is 5.56. The maximum absolute atomic E-state index is 13.2. The first-order chi connectivity index (χ1) is 15.1. The van der Waals surface area contributed by atoms with Crippen molar-refractivity contribution < 1.29 is 9.59 Å². The molecular formula is C26H27N3O2. The normalized spacial score (nSPS) is 12.5. The summed E-state index contributed by atoms with van der Waals surface area (Å²) in [5.41, 5.74) is 6.43. The molecular weight excluding hydrogens is 386 g/mol. The zero-order chi connectivity index (χ0) is 21.6. The van der Waals surface area contributed by atoms with Crippen molar-refractivity contribution in [2.24, 2.45) is 0 Å². The van der Waals surface area contributed by atoms with Gasteiger partial charge in [0.05, 0.1) is 0 Å². The van der Waals surface area contributed by atoms with Crippen molar-refractivity contribution in [2.75, 3.05) is 24.5 Å². The highest BCUT2D eigenvalue weighted by molar-refractivity contribution is 6.08. The Morgan fingerprint density at radius 1 is 0.903 bits per heavy atom. The van der Waals surface area contributed by atoms with Gasteiger partial charge in [0.25, 0.3) is 5.91 Å². The summed E-state index contributed by atoms with van der Waals surface area (Å²) >= 11 is 0. The molecule has 3 aromatic carbocycles. The molecule has 0 atom stereocenters. The molecule has 0 unspecified atom stereocenters. The Labute approximate surface area is 183 Å². The van der Waals surface area contributed by atoms with Crippen LogP contribution in [0.2, 0.25) is 0 Å². The molecule has 4 rings (SSSR count). The average Bonchev–Trinajstić information content (AvgIpc) is 3.23. The van der Waals surface area contributed by atoms with Crippen LogP contribution in [0.25, 0.3) is 11.1 Å². The number of rotatable bonds is 7. The van der Waals surface area contributed by atoms with E-state index in [-0.39, 0.29) is 11.8 Å². The molecule has 1 aliphatic heterocycles. The lowest BCUT2D eigenvalue weighted by Crippen LogP contribution is -2.30. The van der Waals surface area contributed by atoms with Crippen molar-refractivity contribution in [1.82, 2.24) is 10.6 Å². The molecule has 1 aliphatic rings. The van der Waals surface area contributed by atoms with E-state index in [0.717, 1.165) is 17.7 Å². The van der Waals surface area contributed by atoms with Crippen molar-refractivity contribution in [3.8, 4) is 11.1 Å². The van der Waals surface area contributed by atoms with Gasteiger partial charge in [-0.3, -0.25) is 9.59 Å². The Kier molecular flexibility index (Phi) is 6.43. The number of anilines is 1. The molecule has 0 fully saturated rings. The summed E-state index contributed by atoms with van der Waals surface area (Å²) in [6.07, 6.45) is 0.864. The lowest BCUT2D eigenvalue weighted by atomic mass is 9.98. The van der Waals surface area contributed by atoms with Gasteiger partial charge in [-0.2, -0.15) is 0 Å². The predicted molar refractivity (Wildman–Crippen MR) is 124 cm³/mol. The molecule has 0 aromatic heterocycles. The van der Waals surface area contributed by atoms with Crippen molar-refractivity contribution >= 4 is 17.5 Å². The summed E-state index contributed by atoms with van der Waals surface area (Å²) in [4.78, 5) is 26.0. The molecule has 0 radical (unpaired) electrons. The minimum Gasteiger partial charge on any atom is -0.355 e. The maximum Gasteiger partial charge on any atom is 0.258 e. The zero-order valence-corrected chi connectivity index (χ0v) is 17.7. The van der Waals surface area contributed by atoms with Gasteiger partial charge in [-0.15, -0.1) is 0 Å². The highest BCUT2D eigenvalue weighted by Crippen LogP contribution is 2.36. The van der Waals surface area contributed by atoms with Gasteiger partial charge in [0, 0.05) is 44.4 Å². The van der Waals surface area contributed by atoms with Gasteiger partial charge >= 0.3 is 0 Å². The molecule has 0 saturated carbocycles. The Morgan fingerprint density at radius 2 is 1.68 bits per heavy atom. The minimum atomic E-state index is -0.0240. The van der Waals surface area contributed by atoms with Crippen LogP contribution in [0.1, 0.15) is 28.4 Å². The molecule has 0 saturated heterocycles. The van der Waals surface area contributed by atoms with Crippen LogP contribution in [0.15, 0.2) is 72.8 Å². The van der Waals surface area contributed by atoms with Crippen LogP contribution in [0, 0.1) is 0 Å². The van der Waals surface area contributed by atoms with E-state index in [1.807, 2.05) is 59.5 Å². The van der Waals surface area contributed by atoms with Crippen molar-refractivity contribution in [3.63, 3.8) is 0 Å². The predicted octanol–water partition coefficient (Wildman–Crippen LogP) is 3.78. The SMILES string of the molecule is CC(=O)NCCNCc1ccc(C(=O)N2CCc3c(-c4ccccc4)cccc32)cc1. The summed E-state index contributed by atoms with van der Waals surface area (Å²) in [5, 5.41) is 6.04. The van der Waals surface area contributed by atoms with Crippen molar-refractivity contribution in [3.05, 3.63) is 89.5 Å². The molecule has 0 bridgehead atoms. The Morgan fingerprint density at radius 3 is 2.42 bits per heavy atom. The van der Waals surface area contributed by atoms with E-state index in [2.05, 4.69) is 28.8 Å². The van der Waals surface area contributed by atoms with Crippen LogP contribution in [0.4, 0.5) is 5.69 Å². The van der Waals surface area contributed by atoms with Crippen molar-refractivity contribution in [1.29, 1.82) is 0 Å². The summed E-state index contributed by atoms with van der Waals surface area (Å²) in [7, 11) is 0. The van der Waals surface area contributed by atoms with E-state index in [4.69, 9.17) is 0 Å². The molecule has 0 spiro atoms. The van der Waals surface area contributed by atoms with Crippen molar-refractivity contribution in [2.45, 2.75) is 19.9 Å². The number of nitrogens with zero attached hydrogens (tertiary/aromatic N) is 1. The lowest BCUT2D eigenvalue weighted by molar-refractivity contribution is -0.118. The summed E-state index contributed by atoms with van der Waals surface area (Å²) in [6, 6.07) is 24.3. The van der Waals surface area contributed by atoms with Crippen LogP contribution in [-0.2, 0) is 17.8 Å². The second kappa shape index (κ2) is 9.58. The fraction of sp³-hybridized carbons (Fsp3) is 0.231. The smallest absolute Gasteiger partial charge is 0.258 e. The maximum atomic E-state index is 13.2. The number of hydrogen-bond acceptors (Lipinski definition) is 3. The van der Waals surface area contributed by atoms with Crippen LogP contribution in [0.5, 0.6) is 0 Å². The monoisotopic (exact) mass is 413 g/mol. The number of nitrogens with one attached hydrogen (secondary N) is 2. The van der Waals surface area contributed by atoms with E-state index in [1.54, 1.807) is 0 Å². The second-order valence-corrected chi connectivity index (χ2v) is 7.73. The van der Waals surface area contributed by atoms with Crippen LogP contribution in [-0.4, -0.2) is 31.4 Å². The van der Waals surface area contributed by atoms with Gasteiger partial charge in [0.2, 0.25) is 5.91 Å². The van der Waals surface area contributed by atoms with E-state index in [9.17, 15) is 9.59 Å². The molecule has 2 N–H and O–H groups in total. The number of amides is 2. The molecule has 31 heavy (non-hydrogen) atoms. The summed E-state index contributed by atoms with van der Waals surface area (Å²) in [6.45, 7) is 4.21. The zero-order valence-electron chi connectivity index (χ0n) is 17.7. The van der Waals surface area contributed by atoms with E-state index in [1.165, 1.54) is 23.6 Å². The highest BCUT2D eigenvalue weighted by Gasteiger charge is 2.27. The van der Waals surface area contributed by atoms with E-state index in [0.29, 0.717) is 31.7 Å². The minimum absolute atomic E-state index is 0.0240. The third-order valence-electron chi connectivity index (χ3n) is 5.56. The standard InChI is InChI=1S/C26H27N3O2/c1-19(30)28-16-15-27-18-20-10-12-22(13-11-20)26(31)29-17-14-24-23(8-5-9-25(24)29)21-6-3-2-4-7-21/h2-13,27H,14-18H2,1H3,(H,28,30). The molecule has 2 amide bonds. The number of carbonyl (C=O) groups excluding carboxylic acids is 2. The molecule has 3 aromatic rings. The number of carbonyl (C=O) groups is 2. The largest absolute Gasteiger partial charge is 0.355 e. The number of fused-ring (bicyclic) bond motifs is 1. The Balaban J connectivity index is 1.43.